The molecule has 6 heteroatoms. The van der Waals surface area contributed by atoms with Gasteiger partial charge in [0.2, 0.25) is 0 Å². The standard InChI is InChI=1S/C45H30N4OS/c1-4-13-28(14-5-1)32-19-10-11-22-36(32)46-31-23-24-37-35(27-31)40-38(50-37)25-26-39-41(40)33-20-12-21-34(42(33)51-39)45-48-43(29-15-6-2-7-16-29)47-44(49-45)30-17-8-3-9-18-30/h1-27,45-46H,(H,47,48,49). The van der Waals surface area contributed by atoms with E-state index in [4.69, 9.17) is 14.4 Å². The van der Waals surface area contributed by atoms with Crippen LogP contribution in [-0.2, 0) is 0 Å². The normalized spacial score (nSPS) is 13.4. The Hall–Kier alpha value is -6.50. The van der Waals surface area contributed by atoms with Gasteiger partial charge in [0.25, 0.3) is 0 Å². The van der Waals surface area contributed by atoms with Crippen molar-refractivity contribution >= 4 is 76.5 Å². The van der Waals surface area contributed by atoms with Crippen molar-refractivity contribution in [1.82, 2.24) is 5.32 Å². The van der Waals surface area contributed by atoms with Crippen LogP contribution in [0, 0.1) is 0 Å². The van der Waals surface area contributed by atoms with Crippen molar-refractivity contribution in [3.05, 3.63) is 180 Å². The van der Waals surface area contributed by atoms with E-state index < -0.39 is 6.17 Å². The van der Waals surface area contributed by atoms with Gasteiger partial charge < -0.3 is 15.1 Å². The van der Waals surface area contributed by atoms with Gasteiger partial charge in [0.15, 0.2) is 6.17 Å². The minimum atomic E-state index is -0.412. The highest BCUT2D eigenvalue weighted by atomic mass is 32.1. The molecule has 9 aromatic rings. The summed E-state index contributed by atoms with van der Waals surface area (Å²) in [6, 6.07) is 56.7. The predicted molar refractivity (Wildman–Crippen MR) is 214 cm³/mol. The van der Waals surface area contributed by atoms with Gasteiger partial charge in [-0.25, -0.2) is 9.98 Å². The molecule has 0 spiro atoms. The second kappa shape index (κ2) is 12.1. The molecular formula is C45H30N4OS. The lowest BCUT2D eigenvalue weighted by atomic mass is 10.0. The zero-order valence-electron chi connectivity index (χ0n) is 27.4. The molecule has 51 heavy (non-hydrogen) atoms. The highest BCUT2D eigenvalue weighted by molar-refractivity contribution is 7.26. The number of furan rings is 1. The molecule has 0 aliphatic carbocycles. The summed E-state index contributed by atoms with van der Waals surface area (Å²) in [6.45, 7) is 0. The fraction of sp³-hybridized carbons (Fsp3) is 0.0222. The maximum atomic E-state index is 6.47. The lowest BCUT2D eigenvalue weighted by molar-refractivity contribution is 0.669. The van der Waals surface area contributed by atoms with Crippen molar-refractivity contribution in [2.45, 2.75) is 6.17 Å². The van der Waals surface area contributed by atoms with E-state index in [1.807, 2.05) is 42.5 Å². The topological polar surface area (TPSA) is 61.9 Å². The molecule has 0 atom stereocenters. The van der Waals surface area contributed by atoms with Crippen LogP contribution in [-0.4, -0.2) is 11.7 Å². The Morgan fingerprint density at radius 3 is 1.92 bits per heavy atom. The van der Waals surface area contributed by atoms with Gasteiger partial charge in [-0.15, -0.1) is 11.3 Å². The summed E-state index contributed by atoms with van der Waals surface area (Å²) >= 11 is 1.79. The average molecular weight is 675 g/mol. The number of nitrogens with zero attached hydrogens (tertiary/aromatic N) is 2. The lowest BCUT2D eigenvalue weighted by Crippen LogP contribution is -2.36. The molecule has 0 unspecified atom stereocenters. The lowest BCUT2D eigenvalue weighted by Gasteiger charge is -2.22. The monoisotopic (exact) mass is 674 g/mol. The van der Waals surface area contributed by atoms with Crippen molar-refractivity contribution in [3.63, 3.8) is 0 Å². The highest BCUT2D eigenvalue weighted by Gasteiger charge is 2.24. The maximum absolute atomic E-state index is 6.47. The first-order chi connectivity index (χ1) is 25.3. The number of fused-ring (bicyclic) bond motifs is 7. The molecule has 1 aliphatic heterocycles. The molecule has 0 radical (unpaired) electrons. The Balaban J connectivity index is 1.12. The molecule has 3 heterocycles. The van der Waals surface area contributed by atoms with Gasteiger partial charge in [0.1, 0.15) is 22.8 Å². The number of para-hydroxylation sites is 1. The third kappa shape index (κ3) is 5.16. The Bertz CT molecular complexity index is 2750. The number of nitrogens with one attached hydrogen (secondary N) is 2. The SMILES string of the molecule is c1ccc(C2=NC(c3cccc4c3sc3ccc5oc6ccc(Nc7ccccc7-c7ccccc7)cc6c5c34)N=C(c3ccccc3)N2)cc1. The number of amidine groups is 2. The van der Waals surface area contributed by atoms with Crippen LogP contribution in [0.15, 0.2) is 178 Å². The molecule has 0 bridgehead atoms. The fourth-order valence-corrected chi connectivity index (χ4v) is 8.39. The second-order valence-electron chi connectivity index (χ2n) is 12.7. The summed E-state index contributed by atoms with van der Waals surface area (Å²) in [5.41, 5.74) is 9.26. The molecule has 1 aliphatic rings. The van der Waals surface area contributed by atoms with Crippen molar-refractivity contribution in [3.8, 4) is 11.1 Å². The zero-order valence-corrected chi connectivity index (χ0v) is 28.2. The second-order valence-corrected chi connectivity index (χ2v) is 13.7. The van der Waals surface area contributed by atoms with E-state index in [0.717, 1.165) is 67.2 Å². The molecular weight excluding hydrogens is 645 g/mol. The van der Waals surface area contributed by atoms with Crippen LogP contribution >= 0.6 is 11.3 Å². The molecule has 0 saturated carbocycles. The van der Waals surface area contributed by atoms with Gasteiger partial charge in [0, 0.05) is 64.6 Å². The van der Waals surface area contributed by atoms with Gasteiger partial charge in [-0.1, -0.05) is 127 Å². The quantitative estimate of drug-likeness (QED) is 0.185. The highest BCUT2D eigenvalue weighted by Crippen LogP contribution is 2.46. The van der Waals surface area contributed by atoms with E-state index in [-0.39, 0.29) is 0 Å². The van der Waals surface area contributed by atoms with Gasteiger partial charge in [0.05, 0.1) is 0 Å². The molecule has 10 rings (SSSR count). The number of hydrogen-bond donors (Lipinski definition) is 2. The Morgan fingerprint density at radius 2 is 1.20 bits per heavy atom. The summed E-state index contributed by atoms with van der Waals surface area (Å²) in [6.07, 6.45) is -0.412. The molecule has 0 amide bonds. The first kappa shape index (κ1) is 29.4. The molecule has 0 fully saturated rings. The van der Waals surface area contributed by atoms with Crippen molar-refractivity contribution in [2.24, 2.45) is 9.98 Å². The molecule has 5 nitrogen and oxygen atoms in total. The van der Waals surface area contributed by atoms with Crippen LogP contribution in [0.2, 0.25) is 0 Å². The largest absolute Gasteiger partial charge is 0.456 e. The smallest absolute Gasteiger partial charge is 0.171 e. The molecule has 0 saturated heterocycles. The summed E-state index contributed by atoms with van der Waals surface area (Å²) in [5, 5.41) is 11.8. The van der Waals surface area contributed by atoms with Crippen LogP contribution in [0.4, 0.5) is 11.4 Å². The van der Waals surface area contributed by atoms with Crippen LogP contribution in [0.25, 0.3) is 53.2 Å². The maximum Gasteiger partial charge on any atom is 0.171 e. The van der Waals surface area contributed by atoms with E-state index in [0.29, 0.717) is 0 Å². The van der Waals surface area contributed by atoms with E-state index >= 15 is 0 Å². The number of thiophene rings is 1. The summed E-state index contributed by atoms with van der Waals surface area (Å²) in [7, 11) is 0. The minimum absolute atomic E-state index is 0.412. The van der Waals surface area contributed by atoms with Gasteiger partial charge in [-0.2, -0.15) is 0 Å². The van der Waals surface area contributed by atoms with E-state index in [2.05, 4.69) is 132 Å². The third-order valence-corrected chi connectivity index (χ3v) is 10.7. The zero-order chi connectivity index (χ0) is 33.7. The first-order valence-corrected chi connectivity index (χ1v) is 17.8. The predicted octanol–water partition coefficient (Wildman–Crippen LogP) is 11.9. The summed E-state index contributed by atoms with van der Waals surface area (Å²) in [4.78, 5) is 10.4. The Morgan fingerprint density at radius 1 is 0.549 bits per heavy atom. The van der Waals surface area contributed by atoms with E-state index in [1.54, 1.807) is 11.3 Å². The number of rotatable bonds is 6. The Labute approximate surface area is 298 Å². The fourth-order valence-electron chi connectivity index (χ4n) is 7.15. The van der Waals surface area contributed by atoms with Crippen LogP contribution in [0.5, 0.6) is 0 Å². The van der Waals surface area contributed by atoms with Crippen LogP contribution < -0.4 is 10.6 Å². The molecule has 242 valence electrons. The molecule has 7 aromatic carbocycles. The summed E-state index contributed by atoms with van der Waals surface area (Å²) in [5.74, 6) is 1.62. The molecule has 2 N–H and O–H groups in total. The first-order valence-electron chi connectivity index (χ1n) is 17.0. The van der Waals surface area contributed by atoms with E-state index in [9.17, 15) is 0 Å². The number of aliphatic imine (C=N–C) groups is 2. The van der Waals surface area contributed by atoms with Crippen molar-refractivity contribution in [2.75, 3.05) is 5.32 Å². The van der Waals surface area contributed by atoms with Gasteiger partial charge in [-0.3, -0.25) is 0 Å². The van der Waals surface area contributed by atoms with Gasteiger partial charge in [-0.05, 0) is 42.0 Å². The van der Waals surface area contributed by atoms with Gasteiger partial charge >= 0.3 is 0 Å². The number of benzene rings is 7. The van der Waals surface area contributed by atoms with E-state index in [1.165, 1.54) is 25.7 Å². The minimum Gasteiger partial charge on any atom is -0.456 e. The van der Waals surface area contributed by atoms with Crippen molar-refractivity contribution < 1.29 is 4.42 Å². The Kier molecular flexibility index (Phi) is 6.99. The molecule has 2 aromatic heterocycles. The third-order valence-electron chi connectivity index (χ3n) is 9.53. The van der Waals surface area contributed by atoms with Crippen LogP contribution in [0.1, 0.15) is 22.9 Å². The number of anilines is 2. The van der Waals surface area contributed by atoms with Crippen LogP contribution in [0.3, 0.4) is 0 Å². The van der Waals surface area contributed by atoms with Crippen molar-refractivity contribution in [1.29, 1.82) is 0 Å². The average Bonchev–Trinajstić information content (AvgIpc) is 3.77. The number of hydrogen-bond acceptors (Lipinski definition) is 6. The summed E-state index contributed by atoms with van der Waals surface area (Å²) < 4.78 is 8.86.